The van der Waals surface area contributed by atoms with Crippen LogP contribution in [-0.4, -0.2) is 36.0 Å². The third-order valence-corrected chi connectivity index (χ3v) is 4.16. The highest BCUT2D eigenvalue weighted by Gasteiger charge is 2.35. The molecule has 0 bridgehead atoms. The van der Waals surface area contributed by atoms with Gasteiger partial charge in [0.05, 0.1) is 12.6 Å². The van der Waals surface area contributed by atoms with Gasteiger partial charge in [-0.05, 0) is 51.0 Å². The molecule has 18 heavy (non-hydrogen) atoms. The minimum atomic E-state index is -0.571. The number of nitrogens with one attached hydrogen (secondary N) is 1. The number of piperidine rings is 1. The van der Waals surface area contributed by atoms with Crippen molar-refractivity contribution in [2.45, 2.75) is 51.0 Å². The van der Waals surface area contributed by atoms with E-state index in [1.165, 1.54) is 12.8 Å². The molecule has 2 rings (SSSR count). The highest BCUT2D eigenvalue weighted by molar-refractivity contribution is 5.79. The molecule has 0 radical (unpaired) electrons. The third-order valence-electron chi connectivity index (χ3n) is 4.16. The van der Waals surface area contributed by atoms with Crippen LogP contribution in [0.15, 0.2) is 0 Å². The van der Waals surface area contributed by atoms with Gasteiger partial charge in [0.15, 0.2) is 0 Å². The number of carbonyl (C=O) groups is 1. The van der Waals surface area contributed by atoms with Crippen molar-refractivity contribution in [3.05, 3.63) is 0 Å². The molecular formula is C14H23N3O. The highest BCUT2D eigenvalue weighted by Crippen LogP contribution is 2.28. The molecule has 1 aliphatic heterocycles. The standard InChI is InChI=1S/C14H23N3O/c1-12-5-4-8-17(9-12)10-13(18)16-14(11-15)6-2-3-7-14/h12H,2-10H2,1H3,(H,16,18). The van der Waals surface area contributed by atoms with Crippen LogP contribution in [0, 0.1) is 17.2 Å². The molecule has 2 fully saturated rings. The van der Waals surface area contributed by atoms with Gasteiger partial charge >= 0.3 is 0 Å². The van der Waals surface area contributed by atoms with Crippen molar-refractivity contribution in [2.24, 2.45) is 5.92 Å². The molecule has 1 unspecified atom stereocenters. The summed E-state index contributed by atoms with van der Waals surface area (Å²) in [6.45, 7) is 4.70. The highest BCUT2D eigenvalue weighted by atomic mass is 16.2. The van der Waals surface area contributed by atoms with Crippen molar-refractivity contribution >= 4 is 5.91 Å². The van der Waals surface area contributed by atoms with E-state index < -0.39 is 5.54 Å². The van der Waals surface area contributed by atoms with E-state index in [1.807, 2.05) is 0 Å². The minimum absolute atomic E-state index is 0.0209. The maximum Gasteiger partial charge on any atom is 0.235 e. The van der Waals surface area contributed by atoms with Gasteiger partial charge in [0.1, 0.15) is 5.54 Å². The molecule has 1 N–H and O–H groups in total. The number of hydrogen-bond acceptors (Lipinski definition) is 3. The molecule has 1 heterocycles. The Kier molecular flexibility index (Phi) is 4.23. The molecule has 0 aromatic heterocycles. The lowest BCUT2D eigenvalue weighted by molar-refractivity contribution is -0.124. The fraction of sp³-hybridized carbons (Fsp3) is 0.857. The molecule has 2 aliphatic rings. The fourth-order valence-electron chi connectivity index (χ4n) is 3.18. The molecule has 100 valence electrons. The molecule has 1 aliphatic carbocycles. The maximum atomic E-state index is 12.0. The normalized spacial score (nSPS) is 27.7. The van der Waals surface area contributed by atoms with E-state index in [9.17, 15) is 10.1 Å². The Hall–Kier alpha value is -1.08. The Bertz CT molecular complexity index is 341. The lowest BCUT2D eigenvalue weighted by Gasteiger charge is -2.31. The summed E-state index contributed by atoms with van der Waals surface area (Å²) in [5.41, 5.74) is -0.571. The fourth-order valence-corrected chi connectivity index (χ4v) is 3.18. The summed E-state index contributed by atoms with van der Waals surface area (Å²) >= 11 is 0. The summed E-state index contributed by atoms with van der Waals surface area (Å²) in [6, 6.07) is 2.30. The zero-order chi connectivity index (χ0) is 13.0. The van der Waals surface area contributed by atoms with Crippen LogP contribution in [0.2, 0.25) is 0 Å². The quantitative estimate of drug-likeness (QED) is 0.827. The van der Waals surface area contributed by atoms with Gasteiger partial charge in [-0.2, -0.15) is 5.26 Å². The maximum absolute atomic E-state index is 12.0. The topological polar surface area (TPSA) is 56.1 Å². The Morgan fingerprint density at radius 3 is 2.78 bits per heavy atom. The smallest absolute Gasteiger partial charge is 0.235 e. The first-order chi connectivity index (χ1) is 8.63. The molecule has 1 atom stereocenters. The van der Waals surface area contributed by atoms with Gasteiger partial charge in [0.25, 0.3) is 0 Å². The first-order valence-corrected chi connectivity index (χ1v) is 7.08. The number of likely N-dealkylation sites (tertiary alicyclic amines) is 1. The van der Waals surface area contributed by atoms with E-state index in [0.29, 0.717) is 12.5 Å². The SMILES string of the molecule is CC1CCCN(CC(=O)NC2(C#N)CCCC2)C1. The van der Waals surface area contributed by atoms with Gasteiger partial charge in [-0.25, -0.2) is 0 Å². The summed E-state index contributed by atoms with van der Waals surface area (Å²) in [5.74, 6) is 0.704. The van der Waals surface area contributed by atoms with Crippen LogP contribution in [0.1, 0.15) is 45.4 Å². The monoisotopic (exact) mass is 249 g/mol. The van der Waals surface area contributed by atoms with Crippen molar-refractivity contribution in [3.8, 4) is 6.07 Å². The van der Waals surface area contributed by atoms with E-state index in [4.69, 9.17) is 0 Å². The molecule has 0 spiro atoms. The van der Waals surface area contributed by atoms with Crippen LogP contribution in [-0.2, 0) is 4.79 Å². The van der Waals surface area contributed by atoms with Crippen LogP contribution in [0.25, 0.3) is 0 Å². The summed E-state index contributed by atoms with van der Waals surface area (Å²) in [4.78, 5) is 14.2. The zero-order valence-electron chi connectivity index (χ0n) is 11.2. The van der Waals surface area contributed by atoms with Crippen molar-refractivity contribution in [1.29, 1.82) is 5.26 Å². The molecule has 4 nitrogen and oxygen atoms in total. The first-order valence-electron chi connectivity index (χ1n) is 7.08. The second-order valence-electron chi connectivity index (χ2n) is 5.93. The second-order valence-corrected chi connectivity index (χ2v) is 5.93. The number of nitrogens with zero attached hydrogens (tertiary/aromatic N) is 2. The number of rotatable bonds is 3. The molecule has 1 saturated heterocycles. The lowest BCUT2D eigenvalue weighted by Crippen LogP contribution is -2.50. The van der Waals surface area contributed by atoms with Crippen LogP contribution < -0.4 is 5.32 Å². The predicted octanol–water partition coefficient (Wildman–Crippen LogP) is 1.67. The Labute approximate surface area is 109 Å². The largest absolute Gasteiger partial charge is 0.337 e. The average molecular weight is 249 g/mol. The van der Waals surface area contributed by atoms with Crippen molar-refractivity contribution < 1.29 is 4.79 Å². The molecule has 1 amide bonds. The number of hydrogen-bond donors (Lipinski definition) is 1. The second kappa shape index (κ2) is 5.71. The molecule has 1 saturated carbocycles. The number of amides is 1. The lowest BCUT2D eigenvalue weighted by atomic mass is 9.99. The number of carbonyl (C=O) groups excluding carboxylic acids is 1. The van der Waals surface area contributed by atoms with Crippen molar-refractivity contribution in [2.75, 3.05) is 19.6 Å². The zero-order valence-corrected chi connectivity index (χ0v) is 11.2. The van der Waals surface area contributed by atoms with E-state index in [2.05, 4.69) is 23.2 Å². The van der Waals surface area contributed by atoms with Crippen LogP contribution in [0.4, 0.5) is 0 Å². The van der Waals surface area contributed by atoms with Gasteiger partial charge in [0, 0.05) is 6.54 Å². The Morgan fingerprint density at radius 2 is 2.17 bits per heavy atom. The Morgan fingerprint density at radius 1 is 1.44 bits per heavy atom. The molecule has 0 aromatic rings. The summed E-state index contributed by atoms with van der Waals surface area (Å²) in [7, 11) is 0. The van der Waals surface area contributed by atoms with E-state index in [-0.39, 0.29) is 5.91 Å². The van der Waals surface area contributed by atoms with E-state index in [1.54, 1.807) is 0 Å². The minimum Gasteiger partial charge on any atom is -0.337 e. The average Bonchev–Trinajstić information content (AvgIpc) is 2.78. The van der Waals surface area contributed by atoms with Gasteiger partial charge in [-0.3, -0.25) is 9.69 Å². The van der Waals surface area contributed by atoms with Gasteiger partial charge in [0.2, 0.25) is 5.91 Å². The van der Waals surface area contributed by atoms with Crippen molar-refractivity contribution in [3.63, 3.8) is 0 Å². The van der Waals surface area contributed by atoms with Gasteiger partial charge < -0.3 is 5.32 Å². The molecule has 0 aromatic carbocycles. The molecular weight excluding hydrogens is 226 g/mol. The van der Waals surface area contributed by atoms with Crippen LogP contribution >= 0.6 is 0 Å². The summed E-state index contributed by atoms with van der Waals surface area (Å²) in [5, 5.41) is 12.2. The third kappa shape index (κ3) is 3.23. The first kappa shape index (κ1) is 13.4. The van der Waals surface area contributed by atoms with Gasteiger partial charge in [-0.1, -0.05) is 6.92 Å². The van der Waals surface area contributed by atoms with Crippen LogP contribution in [0.3, 0.4) is 0 Å². The Balaban J connectivity index is 1.83. The summed E-state index contributed by atoms with van der Waals surface area (Å²) < 4.78 is 0. The summed E-state index contributed by atoms with van der Waals surface area (Å²) in [6.07, 6.45) is 6.17. The van der Waals surface area contributed by atoms with Crippen molar-refractivity contribution in [1.82, 2.24) is 10.2 Å². The predicted molar refractivity (Wildman–Crippen MR) is 69.8 cm³/mol. The van der Waals surface area contributed by atoms with E-state index in [0.717, 1.165) is 38.8 Å². The number of nitriles is 1. The molecule has 4 heteroatoms. The van der Waals surface area contributed by atoms with Crippen LogP contribution in [0.5, 0.6) is 0 Å². The van der Waals surface area contributed by atoms with E-state index >= 15 is 0 Å². The van der Waals surface area contributed by atoms with Gasteiger partial charge in [-0.15, -0.1) is 0 Å².